The fourth-order valence-corrected chi connectivity index (χ4v) is 2.92. The van der Waals surface area contributed by atoms with E-state index < -0.39 is 17.7 Å². The van der Waals surface area contributed by atoms with Crippen molar-refractivity contribution in [3.8, 4) is 0 Å². The molecule has 1 unspecified atom stereocenters. The number of aliphatic hydroxyl groups excluding tert-OH is 1. The van der Waals surface area contributed by atoms with E-state index in [-0.39, 0.29) is 30.1 Å². The zero-order valence-corrected chi connectivity index (χ0v) is 13.3. The third-order valence-corrected chi connectivity index (χ3v) is 4.48. The maximum atomic E-state index is 13.1. The molecule has 5 nitrogen and oxygen atoms in total. The van der Waals surface area contributed by atoms with Crippen LogP contribution in [0.4, 0.5) is 19.0 Å². The topological polar surface area (TPSA) is 62.7 Å². The van der Waals surface area contributed by atoms with Gasteiger partial charge >= 0.3 is 12.1 Å². The largest absolute Gasteiger partial charge is 0.465 e. The monoisotopic (exact) mass is 342 g/mol. The molecule has 1 heterocycles. The molecule has 130 valence electrons. The number of halogens is 3. The molecule has 0 spiro atoms. The molecule has 0 bridgehead atoms. The van der Waals surface area contributed by atoms with E-state index in [1.807, 2.05) is 0 Å². The van der Waals surface area contributed by atoms with E-state index in [1.165, 1.54) is 18.1 Å². The number of anilines is 1. The number of aliphatic hydroxyl groups is 1. The standard InChI is InChI=1S/C16H17F3N2O3/c1-8-12(16(17,18)19)6-20-14(13(8)15(23)24-2)21(3-4-22)7-11-9-5-10(9)11/h6,9,22H,3-5,7H2,1-2H3. The predicted octanol–water partition coefficient (Wildman–Crippen LogP) is 2.32. The second kappa shape index (κ2) is 5.77. The second-order valence-electron chi connectivity index (χ2n) is 5.94. The normalized spacial score (nSPS) is 18.3. The van der Waals surface area contributed by atoms with Gasteiger partial charge in [-0.25, -0.2) is 9.78 Å². The third kappa shape index (κ3) is 2.86. The van der Waals surface area contributed by atoms with Gasteiger partial charge in [0.05, 0.1) is 19.3 Å². The SMILES string of the molecule is COC(=O)c1c(N(CCO)CC2=C3CC32)ncc(C(F)(F)F)c1C. The van der Waals surface area contributed by atoms with Crippen molar-refractivity contribution < 1.29 is 27.8 Å². The van der Waals surface area contributed by atoms with Crippen molar-refractivity contribution in [3.63, 3.8) is 0 Å². The second-order valence-corrected chi connectivity index (χ2v) is 5.94. The molecule has 1 aromatic rings. The number of hydrogen-bond donors (Lipinski definition) is 1. The minimum atomic E-state index is -4.61. The maximum absolute atomic E-state index is 13.1. The van der Waals surface area contributed by atoms with Gasteiger partial charge in [-0.05, 0) is 24.5 Å². The van der Waals surface area contributed by atoms with Crippen molar-refractivity contribution >= 4 is 11.8 Å². The molecule has 0 radical (unpaired) electrons. The Kier molecular flexibility index (Phi) is 4.03. The van der Waals surface area contributed by atoms with Gasteiger partial charge in [-0.15, -0.1) is 0 Å². The minimum absolute atomic E-state index is 0.112. The lowest BCUT2D eigenvalue weighted by Crippen LogP contribution is -2.31. The molecule has 1 atom stereocenters. The Morgan fingerprint density at radius 1 is 1.50 bits per heavy atom. The molecule has 1 aromatic heterocycles. The van der Waals surface area contributed by atoms with E-state index in [0.717, 1.165) is 19.7 Å². The molecule has 0 saturated heterocycles. The van der Waals surface area contributed by atoms with Gasteiger partial charge in [0.15, 0.2) is 0 Å². The first-order valence-electron chi connectivity index (χ1n) is 7.52. The van der Waals surface area contributed by atoms with Crippen LogP contribution in [0.3, 0.4) is 0 Å². The van der Waals surface area contributed by atoms with Crippen molar-refractivity contribution in [1.82, 2.24) is 4.98 Å². The molecule has 0 aliphatic heterocycles. The van der Waals surface area contributed by atoms with Crippen LogP contribution in [0.5, 0.6) is 0 Å². The Bertz CT molecular complexity index is 728. The molecule has 3 rings (SSSR count). The summed E-state index contributed by atoms with van der Waals surface area (Å²) >= 11 is 0. The zero-order chi connectivity index (χ0) is 17.6. The quantitative estimate of drug-likeness (QED) is 0.635. The van der Waals surface area contributed by atoms with E-state index in [0.29, 0.717) is 12.5 Å². The lowest BCUT2D eigenvalue weighted by atomic mass is 10.0. The number of pyridine rings is 1. The Balaban J connectivity index is 2.04. The van der Waals surface area contributed by atoms with Crippen LogP contribution in [-0.4, -0.2) is 42.9 Å². The van der Waals surface area contributed by atoms with Gasteiger partial charge in [0.2, 0.25) is 0 Å². The lowest BCUT2D eigenvalue weighted by Gasteiger charge is -2.26. The van der Waals surface area contributed by atoms with Gasteiger partial charge in [0, 0.05) is 25.2 Å². The fourth-order valence-electron chi connectivity index (χ4n) is 2.92. The highest BCUT2D eigenvalue weighted by atomic mass is 19.4. The molecule has 2 aliphatic rings. The summed E-state index contributed by atoms with van der Waals surface area (Å²) in [4.78, 5) is 17.6. The average Bonchev–Trinajstić information content (AvgIpc) is 3.40. The van der Waals surface area contributed by atoms with Gasteiger partial charge in [0.1, 0.15) is 11.4 Å². The van der Waals surface area contributed by atoms with Crippen molar-refractivity contribution in [2.45, 2.75) is 19.5 Å². The Labute approximate surface area is 136 Å². The van der Waals surface area contributed by atoms with E-state index in [4.69, 9.17) is 0 Å². The highest BCUT2D eigenvalue weighted by Gasteiger charge is 2.50. The predicted molar refractivity (Wildman–Crippen MR) is 79.7 cm³/mol. The highest BCUT2D eigenvalue weighted by molar-refractivity contribution is 5.97. The Morgan fingerprint density at radius 3 is 2.62 bits per heavy atom. The molecule has 0 amide bonds. The summed E-state index contributed by atoms with van der Waals surface area (Å²) in [6, 6.07) is 0. The van der Waals surface area contributed by atoms with E-state index in [2.05, 4.69) is 9.72 Å². The maximum Gasteiger partial charge on any atom is 0.418 e. The summed E-state index contributed by atoms with van der Waals surface area (Å²) in [5.74, 6) is -0.244. The number of aromatic nitrogens is 1. The van der Waals surface area contributed by atoms with Gasteiger partial charge in [-0.2, -0.15) is 13.2 Å². The van der Waals surface area contributed by atoms with Crippen LogP contribution in [0, 0.1) is 12.8 Å². The number of rotatable bonds is 6. The summed E-state index contributed by atoms with van der Waals surface area (Å²) in [6.45, 7) is 1.66. The number of allylic oxidation sites excluding steroid dienone is 1. The first-order valence-corrected chi connectivity index (χ1v) is 7.52. The van der Waals surface area contributed by atoms with Crippen LogP contribution in [-0.2, 0) is 10.9 Å². The number of nitrogens with zero attached hydrogens (tertiary/aromatic N) is 2. The van der Waals surface area contributed by atoms with Crippen molar-refractivity contribution in [2.75, 3.05) is 31.7 Å². The molecule has 1 saturated carbocycles. The summed E-state index contributed by atoms with van der Waals surface area (Å²) in [5.41, 5.74) is 1.19. The molecular formula is C16H17F3N2O3. The van der Waals surface area contributed by atoms with Crippen molar-refractivity contribution in [3.05, 3.63) is 34.0 Å². The molecule has 24 heavy (non-hydrogen) atoms. The van der Waals surface area contributed by atoms with Gasteiger partial charge < -0.3 is 14.7 Å². The van der Waals surface area contributed by atoms with Gasteiger partial charge in [-0.1, -0.05) is 5.57 Å². The Morgan fingerprint density at radius 2 is 2.17 bits per heavy atom. The van der Waals surface area contributed by atoms with Gasteiger partial charge in [-0.3, -0.25) is 0 Å². The first kappa shape index (κ1) is 16.8. The van der Waals surface area contributed by atoms with Gasteiger partial charge in [0.25, 0.3) is 0 Å². The number of ether oxygens (including phenoxy) is 1. The van der Waals surface area contributed by atoms with Crippen LogP contribution >= 0.6 is 0 Å². The summed E-state index contributed by atoms with van der Waals surface area (Å²) < 4.78 is 44.0. The van der Waals surface area contributed by atoms with E-state index in [1.54, 1.807) is 4.90 Å². The fraction of sp³-hybridized carbons (Fsp3) is 0.500. The summed E-state index contributed by atoms with van der Waals surface area (Å²) in [7, 11) is 1.11. The number of fused-ring (bicyclic) bond motifs is 1. The lowest BCUT2D eigenvalue weighted by molar-refractivity contribution is -0.138. The molecule has 0 aromatic carbocycles. The van der Waals surface area contributed by atoms with Crippen LogP contribution in [0.2, 0.25) is 0 Å². The van der Waals surface area contributed by atoms with Crippen molar-refractivity contribution in [2.24, 2.45) is 5.92 Å². The molecule has 1 N–H and O–H groups in total. The average molecular weight is 342 g/mol. The smallest absolute Gasteiger partial charge is 0.418 e. The molecule has 8 heteroatoms. The Hall–Kier alpha value is -2.09. The zero-order valence-electron chi connectivity index (χ0n) is 13.3. The highest BCUT2D eigenvalue weighted by Crippen LogP contribution is 2.61. The summed E-state index contributed by atoms with van der Waals surface area (Å²) in [5, 5.41) is 9.27. The van der Waals surface area contributed by atoms with E-state index >= 15 is 0 Å². The van der Waals surface area contributed by atoms with Crippen LogP contribution in [0.1, 0.15) is 27.9 Å². The number of alkyl halides is 3. The number of esters is 1. The van der Waals surface area contributed by atoms with Crippen LogP contribution in [0.15, 0.2) is 17.3 Å². The minimum Gasteiger partial charge on any atom is -0.465 e. The van der Waals surface area contributed by atoms with Crippen LogP contribution in [0.25, 0.3) is 0 Å². The third-order valence-electron chi connectivity index (χ3n) is 4.48. The van der Waals surface area contributed by atoms with Crippen LogP contribution < -0.4 is 4.90 Å². The summed E-state index contributed by atoms with van der Waals surface area (Å²) in [6.07, 6.45) is -2.80. The molecular weight excluding hydrogens is 325 g/mol. The number of carbonyl (C=O) groups excluding carboxylic acids is 1. The van der Waals surface area contributed by atoms with E-state index in [9.17, 15) is 23.1 Å². The number of carbonyl (C=O) groups is 1. The van der Waals surface area contributed by atoms with Crippen molar-refractivity contribution in [1.29, 1.82) is 0 Å². The number of methoxy groups -OCH3 is 1. The molecule has 1 fully saturated rings. The first-order chi connectivity index (χ1) is 11.3. The molecule has 2 aliphatic carbocycles. The number of hydrogen-bond acceptors (Lipinski definition) is 5.